The lowest BCUT2D eigenvalue weighted by molar-refractivity contribution is -0.384. The smallest absolute Gasteiger partial charge is 0.258 e. The van der Waals surface area contributed by atoms with Crippen LogP contribution >= 0.6 is 0 Å². The van der Waals surface area contributed by atoms with E-state index in [4.69, 9.17) is 5.26 Å². The van der Waals surface area contributed by atoms with E-state index in [0.29, 0.717) is 5.56 Å². The van der Waals surface area contributed by atoms with E-state index in [1.165, 1.54) is 12.1 Å². The Hall–Kier alpha value is -1.89. The van der Waals surface area contributed by atoms with Gasteiger partial charge in [-0.15, -0.1) is 0 Å². The van der Waals surface area contributed by atoms with Crippen molar-refractivity contribution < 1.29 is 4.92 Å². The third-order valence-corrected chi connectivity index (χ3v) is 2.14. The lowest BCUT2D eigenvalue weighted by Gasteiger charge is -2.19. The molecule has 0 spiro atoms. The van der Waals surface area contributed by atoms with Crippen molar-refractivity contribution in [3.05, 3.63) is 39.4 Å². The van der Waals surface area contributed by atoms with Crippen molar-refractivity contribution in [1.29, 1.82) is 5.26 Å². The van der Waals surface area contributed by atoms with Crippen molar-refractivity contribution in [3.8, 4) is 6.07 Å². The van der Waals surface area contributed by atoms with Gasteiger partial charge in [-0.3, -0.25) is 10.1 Å². The van der Waals surface area contributed by atoms with Crippen LogP contribution in [0.1, 0.15) is 31.9 Å². The molecule has 0 saturated carbocycles. The summed E-state index contributed by atoms with van der Waals surface area (Å²) in [4.78, 5) is 10.0. The fourth-order valence-corrected chi connectivity index (χ4v) is 1.39. The molecule has 0 fully saturated rings. The van der Waals surface area contributed by atoms with Crippen LogP contribution < -0.4 is 0 Å². The molecule has 4 heteroatoms. The molecular weight excluding hydrogens is 192 g/mol. The van der Waals surface area contributed by atoms with Gasteiger partial charge in [0.1, 0.15) is 0 Å². The highest BCUT2D eigenvalue weighted by Gasteiger charge is 2.20. The van der Waals surface area contributed by atoms with E-state index in [1.54, 1.807) is 6.07 Å². The van der Waals surface area contributed by atoms with Crippen LogP contribution in [0.15, 0.2) is 18.2 Å². The van der Waals surface area contributed by atoms with Gasteiger partial charge in [0.15, 0.2) is 0 Å². The van der Waals surface area contributed by atoms with E-state index < -0.39 is 4.92 Å². The fraction of sp³-hybridized carbons (Fsp3) is 0.364. The van der Waals surface area contributed by atoms with Gasteiger partial charge in [-0.25, -0.2) is 0 Å². The molecule has 15 heavy (non-hydrogen) atoms. The van der Waals surface area contributed by atoms with Crippen LogP contribution in [0, 0.1) is 21.4 Å². The van der Waals surface area contributed by atoms with Crippen molar-refractivity contribution in [2.24, 2.45) is 0 Å². The van der Waals surface area contributed by atoms with Crippen LogP contribution in [-0.4, -0.2) is 4.92 Å². The Kier molecular flexibility index (Phi) is 2.76. The van der Waals surface area contributed by atoms with Crippen LogP contribution in [0.5, 0.6) is 0 Å². The number of hydrogen-bond donors (Lipinski definition) is 0. The number of hydrogen-bond acceptors (Lipinski definition) is 3. The first-order valence-electron chi connectivity index (χ1n) is 4.55. The third kappa shape index (κ3) is 2.32. The van der Waals surface area contributed by atoms with Gasteiger partial charge < -0.3 is 0 Å². The van der Waals surface area contributed by atoms with E-state index in [-0.39, 0.29) is 11.1 Å². The maximum absolute atomic E-state index is 10.5. The summed E-state index contributed by atoms with van der Waals surface area (Å²) < 4.78 is 0. The summed E-state index contributed by atoms with van der Waals surface area (Å²) in [5.41, 5.74) is 0.979. The lowest BCUT2D eigenvalue weighted by Crippen LogP contribution is -2.13. The minimum absolute atomic E-state index is 0.0421. The molecule has 0 heterocycles. The molecule has 0 aliphatic carbocycles. The highest BCUT2D eigenvalue weighted by atomic mass is 16.6. The number of nitro benzene ring substituents is 1. The Morgan fingerprint density at radius 3 is 2.40 bits per heavy atom. The molecule has 0 unspecified atom stereocenters. The average molecular weight is 204 g/mol. The monoisotopic (exact) mass is 204 g/mol. The van der Waals surface area contributed by atoms with Gasteiger partial charge in [0.05, 0.1) is 16.6 Å². The molecule has 1 aromatic rings. The number of non-ortho nitro benzene ring substituents is 1. The number of nitro groups is 1. The van der Waals surface area contributed by atoms with E-state index in [1.807, 2.05) is 26.8 Å². The maximum atomic E-state index is 10.5. The molecule has 0 aliphatic rings. The zero-order valence-corrected chi connectivity index (χ0v) is 8.94. The van der Waals surface area contributed by atoms with Crippen molar-refractivity contribution in [2.75, 3.05) is 0 Å². The Morgan fingerprint density at radius 2 is 2.00 bits per heavy atom. The SMILES string of the molecule is CC(C)(C)c1ccc([N+](=O)[O-])cc1C#N. The molecule has 0 radical (unpaired) electrons. The first kappa shape index (κ1) is 11.2. The van der Waals surface area contributed by atoms with Crippen LogP contribution in [0.2, 0.25) is 0 Å². The molecule has 1 aromatic carbocycles. The standard InChI is InChI=1S/C11H12N2O2/c1-11(2,3)10-5-4-9(13(14)15)6-8(10)7-12/h4-6H,1-3H3. The highest BCUT2D eigenvalue weighted by Crippen LogP contribution is 2.28. The number of rotatable bonds is 1. The van der Waals surface area contributed by atoms with Gasteiger partial charge in [-0.1, -0.05) is 26.8 Å². The molecular formula is C11H12N2O2. The third-order valence-electron chi connectivity index (χ3n) is 2.14. The average Bonchev–Trinajstić information content (AvgIpc) is 2.15. The highest BCUT2D eigenvalue weighted by molar-refractivity contribution is 5.48. The summed E-state index contributed by atoms with van der Waals surface area (Å²) in [5.74, 6) is 0. The molecule has 0 N–H and O–H groups in total. The maximum Gasteiger partial charge on any atom is 0.270 e. The predicted octanol–water partition coefficient (Wildman–Crippen LogP) is 2.76. The molecule has 0 atom stereocenters. The van der Waals surface area contributed by atoms with E-state index in [2.05, 4.69) is 0 Å². The molecule has 0 bridgehead atoms. The summed E-state index contributed by atoms with van der Waals surface area (Å²) >= 11 is 0. The van der Waals surface area contributed by atoms with E-state index in [0.717, 1.165) is 5.56 Å². The van der Waals surface area contributed by atoms with Crippen molar-refractivity contribution >= 4 is 5.69 Å². The van der Waals surface area contributed by atoms with Gasteiger partial charge in [0.25, 0.3) is 5.69 Å². The Balaban J connectivity index is 3.36. The zero-order valence-electron chi connectivity index (χ0n) is 8.94. The van der Waals surface area contributed by atoms with Crippen molar-refractivity contribution in [1.82, 2.24) is 0 Å². The number of benzene rings is 1. The first-order chi connectivity index (χ1) is 6.86. The Labute approximate surface area is 88.3 Å². The molecule has 0 saturated heterocycles. The second-order valence-corrected chi connectivity index (χ2v) is 4.35. The zero-order chi connectivity index (χ0) is 11.6. The van der Waals surface area contributed by atoms with Crippen LogP contribution in [-0.2, 0) is 5.41 Å². The second-order valence-electron chi connectivity index (χ2n) is 4.35. The van der Waals surface area contributed by atoms with E-state index in [9.17, 15) is 10.1 Å². The van der Waals surface area contributed by atoms with Gasteiger partial charge in [0, 0.05) is 12.1 Å². The predicted molar refractivity (Wildman–Crippen MR) is 56.5 cm³/mol. The Bertz CT molecular complexity index is 439. The summed E-state index contributed by atoms with van der Waals surface area (Å²) in [6.45, 7) is 5.90. The van der Waals surface area contributed by atoms with E-state index >= 15 is 0 Å². The fourth-order valence-electron chi connectivity index (χ4n) is 1.39. The van der Waals surface area contributed by atoms with Crippen LogP contribution in [0.4, 0.5) is 5.69 Å². The summed E-state index contributed by atoms with van der Waals surface area (Å²) in [6, 6.07) is 6.39. The van der Waals surface area contributed by atoms with Crippen molar-refractivity contribution in [3.63, 3.8) is 0 Å². The summed E-state index contributed by atoms with van der Waals surface area (Å²) in [6.07, 6.45) is 0. The molecule has 4 nitrogen and oxygen atoms in total. The molecule has 0 amide bonds. The first-order valence-corrected chi connectivity index (χ1v) is 4.55. The molecule has 1 rings (SSSR count). The van der Waals surface area contributed by atoms with Gasteiger partial charge in [-0.05, 0) is 11.0 Å². The van der Waals surface area contributed by atoms with Gasteiger partial charge in [0.2, 0.25) is 0 Å². The quantitative estimate of drug-likeness (QED) is 0.521. The largest absolute Gasteiger partial charge is 0.270 e. The topological polar surface area (TPSA) is 66.9 Å². The van der Waals surface area contributed by atoms with Gasteiger partial charge >= 0.3 is 0 Å². The molecule has 78 valence electrons. The minimum Gasteiger partial charge on any atom is -0.258 e. The number of nitriles is 1. The molecule has 0 aliphatic heterocycles. The van der Waals surface area contributed by atoms with Gasteiger partial charge in [-0.2, -0.15) is 5.26 Å². The number of nitrogens with zero attached hydrogens (tertiary/aromatic N) is 2. The summed E-state index contributed by atoms with van der Waals surface area (Å²) in [7, 11) is 0. The Morgan fingerprint density at radius 1 is 1.40 bits per heavy atom. The van der Waals surface area contributed by atoms with Crippen molar-refractivity contribution in [2.45, 2.75) is 26.2 Å². The van der Waals surface area contributed by atoms with Crippen LogP contribution in [0.25, 0.3) is 0 Å². The summed E-state index contributed by atoms with van der Waals surface area (Å²) in [5, 5.41) is 19.4. The normalized spacial score (nSPS) is 10.8. The lowest BCUT2D eigenvalue weighted by atomic mass is 9.84. The minimum atomic E-state index is -0.493. The van der Waals surface area contributed by atoms with Crippen LogP contribution in [0.3, 0.4) is 0 Å². The molecule has 0 aromatic heterocycles. The second kappa shape index (κ2) is 3.70.